The molecule has 5 nitrogen and oxygen atoms in total. The van der Waals surface area contributed by atoms with Crippen LogP contribution >= 0.6 is 15.9 Å². The summed E-state index contributed by atoms with van der Waals surface area (Å²) < 4.78 is 0.703. The SMILES string of the molecule is Cc1cc(N2CCCC(O)C2)c(Br)cc1[N+](=O)[O-]. The van der Waals surface area contributed by atoms with Crippen LogP contribution in [0.2, 0.25) is 0 Å². The minimum Gasteiger partial charge on any atom is -0.391 e. The topological polar surface area (TPSA) is 66.6 Å². The monoisotopic (exact) mass is 314 g/mol. The van der Waals surface area contributed by atoms with Gasteiger partial charge in [0.1, 0.15) is 0 Å². The van der Waals surface area contributed by atoms with E-state index in [1.165, 1.54) is 6.07 Å². The minimum atomic E-state index is -0.380. The number of piperidine rings is 1. The van der Waals surface area contributed by atoms with Crippen molar-refractivity contribution in [2.24, 2.45) is 0 Å². The lowest BCUT2D eigenvalue weighted by molar-refractivity contribution is -0.385. The second kappa shape index (κ2) is 5.24. The molecule has 1 aromatic carbocycles. The zero-order valence-electron chi connectivity index (χ0n) is 10.1. The zero-order chi connectivity index (χ0) is 13.3. The van der Waals surface area contributed by atoms with E-state index in [9.17, 15) is 15.2 Å². The Morgan fingerprint density at radius 1 is 1.56 bits per heavy atom. The average molecular weight is 315 g/mol. The number of nitro benzene ring substituents is 1. The lowest BCUT2D eigenvalue weighted by Crippen LogP contribution is -2.38. The Kier molecular flexibility index (Phi) is 3.87. The highest BCUT2D eigenvalue weighted by Gasteiger charge is 2.22. The molecule has 1 unspecified atom stereocenters. The number of nitrogens with zero attached hydrogens (tertiary/aromatic N) is 2. The molecule has 1 aromatic rings. The number of rotatable bonds is 2. The summed E-state index contributed by atoms with van der Waals surface area (Å²) in [5.41, 5.74) is 1.67. The van der Waals surface area contributed by atoms with E-state index >= 15 is 0 Å². The largest absolute Gasteiger partial charge is 0.391 e. The average Bonchev–Trinajstić information content (AvgIpc) is 2.31. The first kappa shape index (κ1) is 13.3. The van der Waals surface area contributed by atoms with Gasteiger partial charge in [-0.05, 0) is 41.8 Å². The standard InChI is InChI=1S/C12H15BrN2O3/c1-8-5-12(10(13)6-11(8)15(17)18)14-4-2-3-9(16)7-14/h5-6,9,16H,2-4,7H2,1H3. The number of β-amino-alcohol motifs (C(OH)–C–C–N with tert-alkyl or cyclic N) is 1. The summed E-state index contributed by atoms with van der Waals surface area (Å²) in [6.07, 6.45) is 1.44. The smallest absolute Gasteiger partial charge is 0.273 e. The van der Waals surface area contributed by atoms with Crippen molar-refractivity contribution in [3.05, 3.63) is 32.3 Å². The van der Waals surface area contributed by atoms with Gasteiger partial charge in [0.05, 0.1) is 16.7 Å². The summed E-state index contributed by atoms with van der Waals surface area (Å²) in [6, 6.07) is 3.34. The molecule has 0 bridgehead atoms. The fourth-order valence-corrected chi connectivity index (χ4v) is 2.85. The Morgan fingerprint density at radius 3 is 2.89 bits per heavy atom. The van der Waals surface area contributed by atoms with Crippen molar-refractivity contribution in [1.82, 2.24) is 0 Å². The van der Waals surface area contributed by atoms with Gasteiger partial charge in [0.2, 0.25) is 0 Å². The van der Waals surface area contributed by atoms with E-state index in [1.807, 2.05) is 0 Å². The van der Waals surface area contributed by atoms with Crippen LogP contribution in [0.3, 0.4) is 0 Å². The van der Waals surface area contributed by atoms with Gasteiger partial charge in [-0.1, -0.05) is 0 Å². The molecular formula is C12H15BrN2O3. The molecule has 1 atom stereocenters. The van der Waals surface area contributed by atoms with E-state index in [0.29, 0.717) is 16.6 Å². The third-order valence-corrected chi connectivity index (χ3v) is 3.83. The third-order valence-electron chi connectivity index (χ3n) is 3.20. The van der Waals surface area contributed by atoms with Crippen molar-refractivity contribution < 1.29 is 10.0 Å². The number of aryl methyl sites for hydroxylation is 1. The predicted octanol–water partition coefficient (Wildman–Crippen LogP) is 2.63. The lowest BCUT2D eigenvalue weighted by atomic mass is 10.1. The normalized spacial score (nSPS) is 19.9. The number of hydrogen-bond acceptors (Lipinski definition) is 4. The highest BCUT2D eigenvalue weighted by molar-refractivity contribution is 9.10. The van der Waals surface area contributed by atoms with Gasteiger partial charge in [-0.15, -0.1) is 0 Å². The number of hydrogen-bond donors (Lipinski definition) is 1. The predicted molar refractivity (Wildman–Crippen MR) is 73.0 cm³/mol. The number of benzene rings is 1. The molecular weight excluding hydrogens is 300 g/mol. The molecule has 1 heterocycles. The molecule has 6 heteroatoms. The van der Waals surface area contributed by atoms with Crippen molar-refractivity contribution in [2.45, 2.75) is 25.9 Å². The van der Waals surface area contributed by atoms with Crippen LogP contribution in [0.4, 0.5) is 11.4 Å². The van der Waals surface area contributed by atoms with E-state index in [2.05, 4.69) is 20.8 Å². The molecule has 1 N–H and O–H groups in total. The molecule has 2 rings (SSSR count). The highest BCUT2D eigenvalue weighted by Crippen LogP contribution is 2.34. The minimum absolute atomic E-state index is 0.114. The third kappa shape index (κ3) is 2.64. The van der Waals surface area contributed by atoms with E-state index in [1.54, 1.807) is 13.0 Å². The van der Waals surface area contributed by atoms with Crippen LogP contribution in [0.15, 0.2) is 16.6 Å². The lowest BCUT2D eigenvalue weighted by Gasteiger charge is -2.32. The van der Waals surface area contributed by atoms with Gasteiger partial charge in [0.15, 0.2) is 0 Å². The van der Waals surface area contributed by atoms with Crippen LogP contribution in [-0.4, -0.2) is 29.2 Å². The molecule has 0 aromatic heterocycles. The Labute approximate surface area is 114 Å². The van der Waals surface area contributed by atoms with E-state index in [-0.39, 0.29) is 16.7 Å². The van der Waals surface area contributed by atoms with Crippen LogP contribution in [0, 0.1) is 17.0 Å². The molecule has 0 amide bonds. The van der Waals surface area contributed by atoms with Gasteiger partial charge in [0.25, 0.3) is 5.69 Å². The van der Waals surface area contributed by atoms with Crippen LogP contribution in [0.1, 0.15) is 18.4 Å². The molecule has 1 aliphatic rings. The van der Waals surface area contributed by atoms with Crippen molar-refractivity contribution >= 4 is 27.3 Å². The van der Waals surface area contributed by atoms with Crippen molar-refractivity contribution in [2.75, 3.05) is 18.0 Å². The van der Waals surface area contributed by atoms with Crippen LogP contribution in [-0.2, 0) is 0 Å². The van der Waals surface area contributed by atoms with Crippen LogP contribution < -0.4 is 4.90 Å². The zero-order valence-corrected chi connectivity index (χ0v) is 11.7. The van der Waals surface area contributed by atoms with Crippen LogP contribution in [0.5, 0.6) is 0 Å². The maximum absolute atomic E-state index is 10.8. The maximum atomic E-state index is 10.8. The summed E-state index contributed by atoms with van der Waals surface area (Å²) >= 11 is 3.38. The van der Waals surface area contributed by atoms with E-state index < -0.39 is 0 Å². The van der Waals surface area contributed by atoms with E-state index in [0.717, 1.165) is 25.1 Å². The summed E-state index contributed by atoms with van der Waals surface area (Å²) in [7, 11) is 0. The van der Waals surface area contributed by atoms with Gasteiger partial charge < -0.3 is 10.0 Å². The number of nitro groups is 1. The fraction of sp³-hybridized carbons (Fsp3) is 0.500. The number of anilines is 1. The second-order valence-electron chi connectivity index (χ2n) is 4.59. The summed E-state index contributed by atoms with van der Waals surface area (Å²) in [5, 5.41) is 20.5. The summed E-state index contributed by atoms with van der Waals surface area (Å²) in [6.45, 7) is 3.18. The molecule has 0 aliphatic carbocycles. The highest BCUT2D eigenvalue weighted by atomic mass is 79.9. The first-order valence-corrected chi connectivity index (χ1v) is 6.66. The summed E-state index contributed by atoms with van der Waals surface area (Å²) in [4.78, 5) is 12.5. The molecule has 0 saturated carbocycles. The first-order chi connectivity index (χ1) is 8.49. The Morgan fingerprint density at radius 2 is 2.28 bits per heavy atom. The molecule has 0 spiro atoms. The maximum Gasteiger partial charge on any atom is 0.273 e. The molecule has 1 fully saturated rings. The van der Waals surface area contributed by atoms with Crippen molar-refractivity contribution in [3.8, 4) is 0 Å². The molecule has 1 aliphatic heterocycles. The Hall–Kier alpha value is -1.14. The van der Waals surface area contributed by atoms with E-state index in [4.69, 9.17) is 0 Å². The molecule has 18 heavy (non-hydrogen) atoms. The first-order valence-electron chi connectivity index (χ1n) is 5.86. The van der Waals surface area contributed by atoms with Crippen LogP contribution in [0.25, 0.3) is 0 Å². The van der Waals surface area contributed by atoms with Gasteiger partial charge in [-0.3, -0.25) is 10.1 Å². The van der Waals surface area contributed by atoms with Crippen molar-refractivity contribution in [1.29, 1.82) is 0 Å². The molecule has 98 valence electrons. The van der Waals surface area contributed by atoms with Gasteiger partial charge >= 0.3 is 0 Å². The Bertz CT molecular complexity index is 479. The number of aliphatic hydroxyl groups is 1. The van der Waals surface area contributed by atoms with Gasteiger partial charge in [0, 0.05) is 29.2 Å². The second-order valence-corrected chi connectivity index (χ2v) is 5.44. The quantitative estimate of drug-likeness (QED) is 0.673. The Balaban J connectivity index is 2.34. The van der Waals surface area contributed by atoms with Gasteiger partial charge in [-0.2, -0.15) is 0 Å². The summed E-state index contributed by atoms with van der Waals surface area (Å²) in [5.74, 6) is 0. The van der Waals surface area contributed by atoms with Crippen molar-refractivity contribution in [3.63, 3.8) is 0 Å². The van der Waals surface area contributed by atoms with Gasteiger partial charge in [-0.25, -0.2) is 0 Å². The fourth-order valence-electron chi connectivity index (χ4n) is 2.27. The molecule has 1 saturated heterocycles. The molecule has 0 radical (unpaired) electrons. The number of aliphatic hydroxyl groups excluding tert-OH is 1. The number of halogens is 1.